The normalized spacial score (nSPS) is 15.1. The first-order valence-corrected chi connectivity index (χ1v) is 21.2. The van der Waals surface area contributed by atoms with Crippen molar-refractivity contribution in [3.63, 3.8) is 0 Å². The summed E-state index contributed by atoms with van der Waals surface area (Å²) in [4.78, 5) is 13.9. The quantitative estimate of drug-likeness (QED) is 0.0621. The minimum Gasteiger partial charge on any atom is -0.454 e. The van der Waals surface area contributed by atoms with Crippen LogP contribution in [-0.4, -0.2) is 19.1 Å². The molecule has 1 unspecified atom stereocenters. The summed E-state index contributed by atoms with van der Waals surface area (Å²) in [5.74, 6) is 0.125. The topological polar surface area (TPSA) is 38.3 Å². The Morgan fingerprint density at radius 3 is 1.26 bits per heavy atom. The number of benzene rings is 1. The number of hydrogen-bond acceptors (Lipinski definition) is 3. The lowest BCUT2D eigenvalue weighted by atomic mass is 9.84. The molecule has 0 bridgehead atoms. The molecule has 1 aliphatic rings. The van der Waals surface area contributed by atoms with Gasteiger partial charge in [-0.15, -0.1) is 0 Å². The molecule has 1 aromatic rings. The first-order chi connectivity index (χ1) is 23.2. The predicted molar refractivity (Wildman–Crippen MR) is 205 cm³/mol. The van der Waals surface area contributed by atoms with E-state index in [1.807, 2.05) is 0 Å². The highest BCUT2D eigenvalue weighted by Gasteiger charge is 2.39. The van der Waals surface area contributed by atoms with Gasteiger partial charge in [-0.1, -0.05) is 218 Å². The number of nitrogens with one attached hydrogen (secondary N) is 1. The second kappa shape index (κ2) is 29.6. The molecule has 1 saturated heterocycles. The van der Waals surface area contributed by atoms with Crippen LogP contribution < -0.4 is 5.32 Å². The first kappa shape index (κ1) is 41.8. The third-order valence-corrected chi connectivity index (χ3v) is 10.9. The highest BCUT2D eigenvalue weighted by atomic mass is 16.6. The minimum atomic E-state index is -0.465. The van der Waals surface area contributed by atoms with Gasteiger partial charge >= 0.3 is 5.97 Å². The molecule has 0 amide bonds. The molecule has 1 aliphatic heterocycles. The molecule has 0 aliphatic carbocycles. The maximum Gasteiger partial charge on any atom is 0.309 e. The van der Waals surface area contributed by atoms with E-state index in [0.717, 1.165) is 51.6 Å². The Bertz CT molecular complexity index is 817. The van der Waals surface area contributed by atoms with Gasteiger partial charge in [0.2, 0.25) is 0 Å². The maximum atomic E-state index is 13.9. The average molecular weight is 654 g/mol. The summed E-state index contributed by atoms with van der Waals surface area (Å²) in [6, 6.07) is 10.6. The first-order valence-electron chi connectivity index (χ1n) is 21.2. The number of ether oxygens (including phenoxy) is 1. The zero-order valence-corrected chi connectivity index (χ0v) is 31.6. The van der Waals surface area contributed by atoms with Gasteiger partial charge < -0.3 is 10.1 Å². The Labute approximate surface area is 293 Å². The van der Waals surface area contributed by atoms with Crippen LogP contribution in [0.2, 0.25) is 0 Å². The van der Waals surface area contributed by atoms with Crippen molar-refractivity contribution < 1.29 is 9.53 Å². The van der Waals surface area contributed by atoms with Gasteiger partial charge in [-0.2, -0.15) is 0 Å². The van der Waals surface area contributed by atoms with E-state index < -0.39 is 5.60 Å². The van der Waals surface area contributed by atoms with E-state index >= 15 is 0 Å². The third-order valence-electron chi connectivity index (χ3n) is 10.9. The van der Waals surface area contributed by atoms with E-state index in [1.54, 1.807) is 0 Å². The number of hydrogen-bond donors (Lipinski definition) is 1. The third kappa shape index (κ3) is 20.7. The molecule has 3 nitrogen and oxygen atoms in total. The molecular weight excluding hydrogens is 574 g/mol. The van der Waals surface area contributed by atoms with Crippen LogP contribution in [0.25, 0.3) is 0 Å². The minimum absolute atomic E-state index is 0.0514. The molecule has 272 valence electrons. The fourth-order valence-electron chi connectivity index (χ4n) is 7.67. The number of rotatable bonds is 32. The summed E-state index contributed by atoms with van der Waals surface area (Å²) in [5.41, 5.74) is 0.707. The van der Waals surface area contributed by atoms with Crippen LogP contribution >= 0.6 is 0 Å². The Hall–Kier alpha value is -1.35. The lowest BCUT2D eigenvalue weighted by Gasteiger charge is -2.38. The van der Waals surface area contributed by atoms with Crippen molar-refractivity contribution in [2.75, 3.05) is 13.1 Å². The van der Waals surface area contributed by atoms with E-state index in [9.17, 15) is 4.79 Å². The molecule has 1 atom stereocenters. The molecule has 0 aromatic heterocycles. The van der Waals surface area contributed by atoms with Gasteiger partial charge in [0.1, 0.15) is 5.60 Å². The molecule has 1 N–H and O–H groups in total. The number of unbranched alkanes of at least 4 members (excludes halogenated alkanes) is 25. The molecule has 2 rings (SSSR count). The number of carbonyl (C=O) groups excluding carboxylic acids is 1. The number of carbonyl (C=O) groups is 1. The summed E-state index contributed by atoms with van der Waals surface area (Å²) in [6.45, 7) is 6.41. The number of piperidine rings is 1. The van der Waals surface area contributed by atoms with Gasteiger partial charge in [-0.05, 0) is 31.5 Å². The van der Waals surface area contributed by atoms with Gasteiger partial charge in [0.05, 0.1) is 5.92 Å². The van der Waals surface area contributed by atoms with Gasteiger partial charge in [-0.25, -0.2) is 0 Å². The van der Waals surface area contributed by atoms with Crippen molar-refractivity contribution in [1.82, 2.24) is 5.32 Å². The average Bonchev–Trinajstić information content (AvgIpc) is 3.10. The van der Waals surface area contributed by atoms with Crippen molar-refractivity contribution >= 4 is 5.97 Å². The lowest BCUT2D eigenvalue weighted by Crippen LogP contribution is -2.44. The highest BCUT2D eigenvalue weighted by molar-refractivity contribution is 5.73. The van der Waals surface area contributed by atoms with Gasteiger partial charge in [0.25, 0.3) is 0 Å². The smallest absolute Gasteiger partial charge is 0.309 e. The van der Waals surface area contributed by atoms with Crippen molar-refractivity contribution in [3.8, 4) is 0 Å². The standard InChI is InChI=1S/C44H79NO2/c1-3-5-7-9-11-13-15-17-19-21-23-25-27-30-34-41(33-29-26-24-22-20-18-16-14-12-10-8-6-4-2)43(46)47-44(37-39-45-40-38-44)42-35-31-28-32-36-42/h28,31-32,35-36,41,45H,3-27,29-30,33-34,37-40H2,1-2H3. The van der Waals surface area contributed by atoms with Crippen molar-refractivity contribution in [2.24, 2.45) is 5.92 Å². The van der Waals surface area contributed by atoms with E-state index in [-0.39, 0.29) is 11.9 Å². The van der Waals surface area contributed by atoms with Crippen molar-refractivity contribution in [1.29, 1.82) is 0 Å². The molecule has 3 heteroatoms. The SMILES string of the molecule is CCCCCCCCCCCCCCCCC(CCCCCCCCCCCCCCC)C(=O)OC1(c2ccccc2)CCNCC1. The van der Waals surface area contributed by atoms with Crippen LogP contribution in [0.5, 0.6) is 0 Å². The largest absolute Gasteiger partial charge is 0.454 e. The molecule has 0 radical (unpaired) electrons. The molecule has 0 spiro atoms. The van der Waals surface area contributed by atoms with E-state index in [2.05, 4.69) is 49.5 Å². The van der Waals surface area contributed by atoms with Crippen LogP contribution in [0.3, 0.4) is 0 Å². The predicted octanol–water partition coefficient (Wildman–Crippen LogP) is 13.8. The Kier molecular flexibility index (Phi) is 26.3. The van der Waals surface area contributed by atoms with Crippen molar-refractivity contribution in [2.45, 2.75) is 218 Å². The van der Waals surface area contributed by atoms with E-state index in [0.29, 0.717) is 0 Å². The summed E-state index contributed by atoms with van der Waals surface area (Å²) >= 11 is 0. The Balaban J connectivity index is 1.69. The molecule has 1 heterocycles. The van der Waals surface area contributed by atoms with Gasteiger partial charge in [0.15, 0.2) is 0 Å². The van der Waals surface area contributed by atoms with Gasteiger partial charge in [-0.3, -0.25) is 4.79 Å². The summed E-state index contributed by atoms with van der Waals surface area (Å²) < 4.78 is 6.58. The maximum absolute atomic E-state index is 13.9. The second-order valence-electron chi connectivity index (χ2n) is 15.1. The zero-order valence-electron chi connectivity index (χ0n) is 31.6. The van der Waals surface area contributed by atoms with Crippen molar-refractivity contribution in [3.05, 3.63) is 35.9 Å². The van der Waals surface area contributed by atoms with Crippen LogP contribution in [-0.2, 0) is 15.1 Å². The molecule has 1 aromatic carbocycles. The summed E-state index contributed by atoms with van der Waals surface area (Å²) in [7, 11) is 0. The molecule has 0 saturated carbocycles. The van der Waals surface area contributed by atoms with Crippen LogP contribution in [0.4, 0.5) is 0 Å². The fourth-order valence-corrected chi connectivity index (χ4v) is 7.67. The molecule has 1 fully saturated rings. The summed E-state index contributed by atoms with van der Waals surface area (Å²) in [5, 5.41) is 3.48. The Morgan fingerprint density at radius 2 is 0.894 bits per heavy atom. The number of esters is 1. The van der Waals surface area contributed by atoms with Crippen LogP contribution in [0, 0.1) is 5.92 Å². The van der Waals surface area contributed by atoms with E-state index in [1.165, 1.54) is 166 Å². The highest BCUT2D eigenvalue weighted by Crippen LogP contribution is 2.36. The zero-order chi connectivity index (χ0) is 33.5. The molecule has 47 heavy (non-hydrogen) atoms. The van der Waals surface area contributed by atoms with Crippen LogP contribution in [0.15, 0.2) is 30.3 Å². The Morgan fingerprint density at radius 1 is 0.553 bits per heavy atom. The monoisotopic (exact) mass is 654 g/mol. The van der Waals surface area contributed by atoms with Gasteiger partial charge in [0, 0.05) is 12.8 Å². The van der Waals surface area contributed by atoms with Crippen LogP contribution in [0.1, 0.15) is 218 Å². The summed E-state index contributed by atoms with van der Waals surface area (Å²) in [6.07, 6.45) is 40.7. The lowest BCUT2D eigenvalue weighted by molar-refractivity contribution is -0.170. The molecular formula is C44H79NO2. The fraction of sp³-hybridized carbons (Fsp3) is 0.841. The second-order valence-corrected chi connectivity index (χ2v) is 15.1. The van der Waals surface area contributed by atoms with E-state index in [4.69, 9.17) is 4.74 Å².